The topological polar surface area (TPSA) is 157 Å². The molecule has 0 saturated heterocycles. The van der Waals surface area contributed by atoms with Gasteiger partial charge in [0.25, 0.3) is 5.91 Å². The van der Waals surface area contributed by atoms with Crippen molar-refractivity contribution in [1.82, 2.24) is 10.6 Å². The smallest absolute Gasteiger partial charge is 0.408 e. The highest BCUT2D eigenvalue weighted by molar-refractivity contribution is 5.90. The Kier molecular flexibility index (Phi) is 11.2. The molecule has 0 bridgehead atoms. The van der Waals surface area contributed by atoms with Gasteiger partial charge in [-0.3, -0.25) is 4.79 Å². The highest BCUT2D eigenvalue weighted by Crippen LogP contribution is 2.12. The molecular weight excluding hydrogens is 424 g/mol. The second-order valence-electron chi connectivity index (χ2n) is 9.14. The summed E-state index contributed by atoms with van der Waals surface area (Å²) in [5, 5.41) is 13.8. The van der Waals surface area contributed by atoms with Crippen LogP contribution in [-0.4, -0.2) is 64.9 Å². The summed E-state index contributed by atoms with van der Waals surface area (Å²) in [6, 6.07) is -2.27. The van der Waals surface area contributed by atoms with E-state index in [0.717, 1.165) is 0 Å². The van der Waals surface area contributed by atoms with Crippen LogP contribution in [0.2, 0.25) is 0 Å². The van der Waals surface area contributed by atoms with Crippen LogP contribution < -0.4 is 10.6 Å². The Hall–Kier alpha value is -2.85. The summed E-state index contributed by atoms with van der Waals surface area (Å²) >= 11 is 0. The molecular formula is C21H36N2O9. The highest BCUT2D eigenvalue weighted by atomic mass is 16.6. The standard InChI is InChI=1S/C21H36N2O9/c1-10(2)14(30-19(28)13(6)23-20(29)32-21(7,8)9)16(24)22-12(5)18(27)31-15(11(3)4)17(25)26/h10-15H,1-9H3,(H,22,24)(H,23,29)(H,25,26)/t12-,13-,14?,15?/m0/s1. The van der Waals surface area contributed by atoms with Gasteiger partial charge in [0.1, 0.15) is 17.7 Å². The average molecular weight is 461 g/mol. The SMILES string of the molecule is CC(C)C(OC(=O)[C@H](C)NC(=O)C(OC(=O)[C@H](C)NC(=O)OC(C)(C)C)C(C)C)C(=O)O. The van der Waals surface area contributed by atoms with Crippen molar-refractivity contribution in [2.75, 3.05) is 0 Å². The normalized spacial score (nSPS) is 15.2. The lowest BCUT2D eigenvalue weighted by atomic mass is 10.1. The number of carbonyl (C=O) groups is 5. The first-order valence-electron chi connectivity index (χ1n) is 10.4. The Balaban J connectivity index is 5.04. The maximum atomic E-state index is 12.6. The van der Waals surface area contributed by atoms with Crippen molar-refractivity contribution < 1.29 is 43.3 Å². The van der Waals surface area contributed by atoms with E-state index < -0.39 is 71.6 Å². The summed E-state index contributed by atoms with van der Waals surface area (Å²) in [7, 11) is 0. The molecule has 0 aromatic rings. The Bertz CT molecular complexity index is 698. The molecule has 3 N–H and O–H groups in total. The number of carbonyl (C=O) groups excluding carboxylic acids is 4. The van der Waals surface area contributed by atoms with E-state index in [9.17, 15) is 24.0 Å². The summed E-state index contributed by atoms with van der Waals surface area (Å²) in [5.74, 6) is -4.80. The van der Waals surface area contributed by atoms with E-state index in [-0.39, 0.29) is 0 Å². The Labute approximate surface area is 188 Å². The Morgan fingerprint density at radius 3 is 1.50 bits per heavy atom. The molecule has 0 fully saturated rings. The number of ether oxygens (including phenoxy) is 3. The number of hydrogen-bond acceptors (Lipinski definition) is 8. The number of rotatable bonds is 10. The van der Waals surface area contributed by atoms with Crippen molar-refractivity contribution in [3.05, 3.63) is 0 Å². The summed E-state index contributed by atoms with van der Waals surface area (Å²) in [5.41, 5.74) is -0.756. The number of hydrogen-bond donors (Lipinski definition) is 3. The van der Waals surface area contributed by atoms with Crippen molar-refractivity contribution in [2.45, 2.75) is 92.2 Å². The largest absolute Gasteiger partial charge is 0.478 e. The van der Waals surface area contributed by atoms with Gasteiger partial charge in [-0.15, -0.1) is 0 Å². The lowest BCUT2D eigenvalue weighted by Crippen LogP contribution is -2.50. The minimum Gasteiger partial charge on any atom is -0.478 e. The zero-order valence-corrected chi connectivity index (χ0v) is 20.2. The number of alkyl carbamates (subject to hydrolysis) is 1. The zero-order valence-electron chi connectivity index (χ0n) is 20.2. The van der Waals surface area contributed by atoms with Crippen LogP contribution in [-0.2, 0) is 33.4 Å². The first-order valence-corrected chi connectivity index (χ1v) is 10.4. The molecule has 184 valence electrons. The van der Waals surface area contributed by atoms with Gasteiger partial charge in [-0.25, -0.2) is 19.2 Å². The predicted molar refractivity (Wildman–Crippen MR) is 114 cm³/mol. The molecule has 4 atom stereocenters. The van der Waals surface area contributed by atoms with E-state index in [0.29, 0.717) is 0 Å². The molecule has 0 radical (unpaired) electrons. The van der Waals surface area contributed by atoms with Crippen LogP contribution in [0.25, 0.3) is 0 Å². The van der Waals surface area contributed by atoms with Crippen LogP contribution >= 0.6 is 0 Å². The molecule has 0 aliphatic carbocycles. The van der Waals surface area contributed by atoms with Crippen LogP contribution in [0.15, 0.2) is 0 Å². The van der Waals surface area contributed by atoms with Crippen LogP contribution in [0.5, 0.6) is 0 Å². The number of esters is 2. The average Bonchev–Trinajstić information content (AvgIpc) is 2.60. The highest BCUT2D eigenvalue weighted by Gasteiger charge is 2.33. The fourth-order valence-corrected chi connectivity index (χ4v) is 2.32. The Morgan fingerprint density at radius 1 is 0.719 bits per heavy atom. The van der Waals surface area contributed by atoms with E-state index in [1.165, 1.54) is 13.8 Å². The fourth-order valence-electron chi connectivity index (χ4n) is 2.32. The van der Waals surface area contributed by atoms with E-state index in [1.54, 1.807) is 48.5 Å². The molecule has 32 heavy (non-hydrogen) atoms. The van der Waals surface area contributed by atoms with Crippen LogP contribution in [0, 0.1) is 11.8 Å². The van der Waals surface area contributed by atoms with Crippen LogP contribution in [0.4, 0.5) is 4.79 Å². The molecule has 0 spiro atoms. The number of amides is 2. The van der Waals surface area contributed by atoms with Gasteiger partial charge in [-0.1, -0.05) is 27.7 Å². The predicted octanol–water partition coefficient (Wildman–Crippen LogP) is 1.62. The lowest BCUT2D eigenvalue weighted by Gasteiger charge is -2.25. The van der Waals surface area contributed by atoms with Gasteiger partial charge >= 0.3 is 24.0 Å². The first-order chi connectivity index (χ1) is 14.5. The molecule has 0 rings (SSSR count). The Morgan fingerprint density at radius 2 is 1.12 bits per heavy atom. The maximum absolute atomic E-state index is 12.6. The van der Waals surface area contributed by atoms with Gasteiger partial charge in [0, 0.05) is 5.92 Å². The molecule has 0 saturated carbocycles. The fraction of sp³-hybridized carbons (Fsp3) is 0.762. The third kappa shape index (κ3) is 10.5. The van der Waals surface area contributed by atoms with Crippen molar-refractivity contribution in [1.29, 1.82) is 0 Å². The van der Waals surface area contributed by atoms with E-state index in [4.69, 9.17) is 19.3 Å². The molecule has 2 amide bonds. The van der Waals surface area contributed by atoms with E-state index in [1.807, 2.05) is 0 Å². The van der Waals surface area contributed by atoms with Crippen molar-refractivity contribution in [3.63, 3.8) is 0 Å². The van der Waals surface area contributed by atoms with Gasteiger partial charge in [-0.05, 0) is 40.5 Å². The molecule has 0 aliphatic rings. The van der Waals surface area contributed by atoms with Crippen molar-refractivity contribution in [2.24, 2.45) is 11.8 Å². The van der Waals surface area contributed by atoms with E-state index >= 15 is 0 Å². The molecule has 2 unspecified atom stereocenters. The zero-order chi connectivity index (χ0) is 25.4. The van der Waals surface area contributed by atoms with Gasteiger partial charge < -0.3 is 30.0 Å². The second-order valence-corrected chi connectivity index (χ2v) is 9.14. The van der Waals surface area contributed by atoms with Crippen LogP contribution in [0.1, 0.15) is 62.3 Å². The number of nitrogens with one attached hydrogen (secondary N) is 2. The monoisotopic (exact) mass is 460 g/mol. The number of carboxylic acid groups (broad SMARTS) is 1. The van der Waals surface area contributed by atoms with E-state index in [2.05, 4.69) is 10.6 Å². The van der Waals surface area contributed by atoms with Gasteiger partial charge in [-0.2, -0.15) is 0 Å². The quantitative estimate of drug-likeness (QED) is 0.325. The molecule has 0 aromatic carbocycles. The third-order valence-corrected chi connectivity index (χ3v) is 4.00. The molecule has 11 nitrogen and oxygen atoms in total. The second kappa shape index (κ2) is 12.3. The van der Waals surface area contributed by atoms with Crippen LogP contribution in [0.3, 0.4) is 0 Å². The maximum Gasteiger partial charge on any atom is 0.408 e. The van der Waals surface area contributed by atoms with Gasteiger partial charge in [0.05, 0.1) is 0 Å². The molecule has 0 aromatic heterocycles. The number of carboxylic acids is 1. The molecule has 0 heterocycles. The minimum absolute atomic E-state index is 0.460. The minimum atomic E-state index is -1.36. The van der Waals surface area contributed by atoms with Crippen molar-refractivity contribution in [3.8, 4) is 0 Å². The van der Waals surface area contributed by atoms with Gasteiger partial charge in [0.15, 0.2) is 6.10 Å². The number of aliphatic carboxylic acids is 1. The van der Waals surface area contributed by atoms with Gasteiger partial charge in [0.2, 0.25) is 6.10 Å². The molecule has 0 aliphatic heterocycles. The summed E-state index contributed by atoms with van der Waals surface area (Å²) in [4.78, 5) is 60.1. The lowest BCUT2D eigenvalue weighted by molar-refractivity contribution is -0.169. The summed E-state index contributed by atoms with van der Waals surface area (Å²) < 4.78 is 15.3. The summed E-state index contributed by atoms with van der Waals surface area (Å²) in [6.07, 6.45) is -3.44. The third-order valence-electron chi connectivity index (χ3n) is 4.00. The van der Waals surface area contributed by atoms with Crippen molar-refractivity contribution >= 4 is 29.9 Å². The first kappa shape index (κ1) is 29.1. The molecule has 11 heteroatoms. The summed E-state index contributed by atoms with van der Waals surface area (Å²) in [6.45, 7) is 14.1.